The highest BCUT2D eigenvalue weighted by Crippen LogP contribution is 2.22. The summed E-state index contributed by atoms with van der Waals surface area (Å²) in [7, 11) is 0. The molecule has 0 aliphatic heterocycles. The molecule has 2 rings (SSSR count). The van der Waals surface area contributed by atoms with Crippen molar-refractivity contribution >= 4 is 17.8 Å². The van der Waals surface area contributed by atoms with E-state index in [0.29, 0.717) is 25.8 Å². The fourth-order valence-electron chi connectivity index (χ4n) is 3.35. The van der Waals surface area contributed by atoms with Crippen LogP contribution >= 0.6 is 0 Å². The van der Waals surface area contributed by atoms with Gasteiger partial charge in [-0.3, -0.25) is 9.79 Å². The van der Waals surface area contributed by atoms with Gasteiger partial charge >= 0.3 is 5.97 Å². The summed E-state index contributed by atoms with van der Waals surface area (Å²) in [6, 6.07) is 15.7. The molecule has 0 bridgehead atoms. The summed E-state index contributed by atoms with van der Waals surface area (Å²) in [5, 5.41) is 2.75. The van der Waals surface area contributed by atoms with Crippen molar-refractivity contribution in [1.82, 2.24) is 5.32 Å². The molecule has 0 aliphatic rings. The summed E-state index contributed by atoms with van der Waals surface area (Å²) in [5.41, 5.74) is 19.9. The van der Waals surface area contributed by atoms with E-state index in [2.05, 4.69) is 31.1 Å². The van der Waals surface area contributed by atoms with E-state index in [1.807, 2.05) is 54.6 Å². The van der Waals surface area contributed by atoms with E-state index in [1.165, 1.54) is 5.56 Å². The van der Waals surface area contributed by atoms with Crippen LogP contribution in [-0.4, -0.2) is 36.5 Å². The number of nitrogens with zero attached hydrogens (tertiary/aromatic N) is 1. The van der Waals surface area contributed by atoms with Crippen LogP contribution in [0.3, 0.4) is 0 Å². The second kappa shape index (κ2) is 12.7. The van der Waals surface area contributed by atoms with Gasteiger partial charge in [0.25, 0.3) is 0 Å². The maximum atomic E-state index is 12.8. The first-order valence-electron chi connectivity index (χ1n) is 11.5. The normalized spacial score (nSPS) is 12.9. The molecule has 0 unspecified atom stereocenters. The Balaban J connectivity index is 1.98. The zero-order valence-electron chi connectivity index (χ0n) is 20.3. The lowest BCUT2D eigenvalue weighted by atomic mass is 9.86. The maximum Gasteiger partial charge on any atom is 0.328 e. The number of ether oxygens (including phenoxy) is 1. The Morgan fingerprint density at radius 3 is 2.24 bits per heavy atom. The number of aliphatic imine (C=N–C) groups is 1. The van der Waals surface area contributed by atoms with Crippen LogP contribution in [-0.2, 0) is 32.8 Å². The van der Waals surface area contributed by atoms with E-state index in [-0.39, 0.29) is 18.0 Å². The largest absolute Gasteiger partial charge is 0.459 e. The minimum atomic E-state index is -0.847. The molecule has 0 saturated heterocycles. The molecule has 0 aromatic heterocycles. The first-order chi connectivity index (χ1) is 16.1. The predicted octanol–water partition coefficient (Wildman–Crippen LogP) is 2.14. The van der Waals surface area contributed by atoms with Crippen molar-refractivity contribution in [3.05, 3.63) is 71.3 Å². The smallest absolute Gasteiger partial charge is 0.328 e. The van der Waals surface area contributed by atoms with Crippen LogP contribution in [0.15, 0.2) is 59.6 Å². The lowest BCUT2D eigenvalue weighted by molar-refractivity contribution is -0.149. The van der Waals surface area contributed by atoms with Gasteiger partial charge in [-0.25, -0.2) is 4.79 Å². The Labute approximate surface area is 201 Å². The number of guanidine groups is 1. The second-order valence-corrected chi connectivity index (χ2v) is 9.36. The molecule has 0 heterocycles. The fourth-order valence-corrected chi connectivity index (χ4v) is 3.35. The molecule has 7 N–H and O–H groups in total. The molecule has 0 spiro atoms. The van der Waals surface area contributed by atoms with Crippen LogP contribution in [0.2, 0.25) is 0 Å². The number of nitrogens with one attached hydrogen (secondary N) is 1. The molecule has 0 fully saturated rings. The maximum absolute atomic E-state index is 12.8. The number of carbonyl (C=O) groups excluding carboxylic acids is 2. The quantitative estimate of drug-likeness (QED) is 0.172. The molecule has 34 heavy (non-hydrogen) atoms. The van der Waals surface area contributed by atoms with Gasteiger partial charge in [-0.2, -0.15) is 0 Å². The number of amides is 1. The van der Waals surface area contributed by atoms with Crippen LogP contribution in [0.1, 0.15) is 50.3 Å². The second-order valence-electron chi connectivity index (χ2n) is 9.36. The van der Waals surface area contributed by atoms with Crippen molar-refractivity contribution in [3.8, 4) is 0 Å². The van der Waals surface area contributed by atoms with Crippen molar-refractivity contribution in [3.63, 3.8) is 0 Å². The number of nitrogens with two attached hydrogens (primary N) is 3. The molecule has 0 aliphatic carbocycles. The number of esters is 1. The van der Waals surface area contributed by atoms with Gasteiger partial charge in [-0.05, 0) is 41.4 Å². The third-order valence-corrected chi connectivity index (χ3v) is 5.38. The number of carbonyl (C=O) groups is 2. The Bertz CT molecular complexity index is 949. The van der Waals surface area contributed by atoms with Crippen LogP contribution in [0.4, 0.5) is 0 Å². The fraction of sp³-hybridized carbons (Fsp3) is 0.423. The van der Waals surface area contributed by atoms with Gasteiger partial charge < -0.3 is 27.3 Å². The van der Waals surface area contributed by atoms with E-state index in [1.54, 1.807) is 0 Å². The van der Waals surface area contributed by atoms with Gasteiger partial charge in [-0.1, -0.05) is 75.4 Å². The zero-order chi connectivity index (χ0) is 25.1. The standard InChI is InChI=1S/C26H37N5O3/c1-26(2,3)20-13-11-18(12-14-20)16-21(27)23(32)31-22(10-7-15-30-25(28)29)24(33)34-17-19-8-5-4-6-9-19/h4-6,8-9,11-14,21-22H,7,10,15-17,27H2,1-3H3,(H,31,32)(H4,28,29,30)/t21-,22-/m0/s1. The van der Waals surface area contributed by atoms with Gasteiger partial charge in [-0.15, -0.1) is 0 Å². The highest BCUT2D eigenvalue weighted by atomic mass is 16.5. The van der Waals surface area contributed by atoms with Gasteiger partial charge in [0, 0.05) is 6.54 Å². The summed E-state index contributed by atoms with van der Waals surface area (Å²) < 4.78 is 5.43. The van der Waals surface area contributed by atoms with Gasteiger partial charge in [0.15, 0.2) is 5.96 Å². The highest BCUT2D eigenvalue weighted by Gasteiger charge is 2.25. The third-order valence-electron chi connectivity index (χ3n) is 5.38. The number of hydrogen-bond acceptors (Lipinski definition) is 5. The Morgan fingerprint density at radius 2 is 1.65 bits per heavy atom. The topological polar surface area (TPSA) is 146 Å². The van der Waals surface area contributed by atoms with Crippen LogP contribution in [0, 0.1) is 0 Å². The molecule has 184 valence electrons. The van der Waals surface area contributed by atoms with Gasteiger partial charge in [0.05, 0.1) is 6.04 Å². The molecule has 0 radical (unpaired) electrons. The summed E-state index contributed by atoms with van der Waals surface area (Å²) in [6.45, 7) is 6.89. The monoisotopic (exact) mass is 467 g/mol. The van der Waals surface area contributed by atoms with Crippen molar-refractivity contribution in [2.75, 3.05) is 6.54 Å². The Morgan fingerprint density at radius 1 is 1.00 bits per heavy atom. The van der Waals surface area contributed by atoms with E-state index >= 15 is 0 Å². The summed E-state index contributed by atoms with van der Waals surface area (Å²) in [6.07, 6.45) is 1.17. The molecule has 8 heteroatoms. The number of benzene rings is 2. The molecule has 8 nitrogen and oxygen atoms in total. The predicted molar refractivity (Wildman–Crippen MR) is 135 cm³/mol. The molecular formula is C26H37N5O3. The molecule has 0 saturated carbocycles. The molecular weight excluding hydrogens is 430 g/mol. The Kier molecular flexibility index (Phi) is 10.1. The summed E-state index contributed by atoms with van der Waals surface area (Å²) in [5.74, 6) is -0.959. The first kappa shape index (κ1) is 26.9. The van der Waals surface area contributed by atoms with Crippen LogP contribution < -0.4 is 22.5 Å². The average molecular weight is 468 g/mol. The minimum Gasteiger partial charge on any atom is -0.459 e. The average Bonchev–Trinajstić information content (AvgIpc) is 2.79. The zero-order valence-corrected chi connectivity index (χ0v) is 20.3. The van der Waals surface area contributed by atoms with E-state index in [9.17, 15) is 9.59 Å². The van der Waals surface area contributed by atoms with Crippen LogP contribution in [0.25, 0.3) is 0 Å². The van der Waals surface area contributed by atoms with Crippen molar-refractivity contribution < 1.29 is 14.3 Å². The van der Waals surface area contributed by atoms with Crippen molar-refractivity contribution in [2.45, 2.75) is 64.1 Å². The number of hydrogen-bond donors (Lipinski definition) is 4. The first-order valence-corrected chi connectivity index (χ1v) is 11.5. The van der Waals surface area contributed by atoms with Crippen molar-refractivity contribution in [2.24, 2.45) is 22.2 Å². The van der Waals surface area contributed by atoms with Gasteiger partial charge in [0.1, 0.15) is 12.6 Å². The van der Waals surface area contributed by atoms with E-state index in [4.69, 9.17) is 21.9 Å². The lowest BCUT2D eigenvalue weighted by Gasteiger charge is -2.21. The molecule has 2 aromatic carbocycles. The Hall–Kier alpha value is -3.39. The van der Waals surface area contributed by atoms with Gasteiger partial charge in [0.2, 0.25) is 5.91 Å². The molecule has 2 aromatic rings. The molecule has 2 atom stereocenters. The highest BCUT2D eigenvalue weighted by molar-refractivity contribution is 5.87. The van der Waals surface area contributed by atoms with Crippen molar-refractivity contribution in [1.29, 1.82) is 0 Å². The SMILES string of the molecule is CC(C)(C)c1ccc(C[C@H](N)C(=O)N[C@@H](CCCN=C(N)N)C(=O)OCc2ccccc2)cc1. The summed E-state index contributed by atoms with van der Waals surface area (Å²) >= 11 is 0. The lowest BCUT2D eigenvalue weighted by Crippen LogP contribution is -2.49. The minimum absolute atomic E-state index is 0.0215. The third kappa shape index (κ3) is 9.23. The van der Waals surface area contributed by atoms with E-state index < -0.39 is 24.0 Å². The number of rotatable bonds is 11. The summed E-state index contributed by atoms with van der Waals surface area (Å²) in [4.78, 5) is 29.4. The van der Waals surface area contributed by atoms with Crippen LogP contribution in [0.5, 0.6) is 0 Å². The van der Waals surface area contributed by atoms with E-state index in [0.717, 1.165) is 11.1 Å². The molecule has 1 amide bonds.